The molecule has 3 amide bonds. The summed E-state index contributed by atoms with van der Waals surface area (Å²) in [5.41, 5.74) is 10.7. The Kier molecular flexibility index (Phi) is 7.99. The van der Waals surface area contributed by atoms with Crippen molar-refractivity contribution in [3.8, 4) is 0 Å². The summed E-state index contributed by atoms with van der Waals surface area (Å²) in [4.78, 5) is 25.9. The number of hydrogen-bond donors (Lipinski definition) is 3. The molecule has 0 radical (unpaired) electrons. The number of nitrogens with two attached hydrogens (primary N) is 2. The number of carbonyl (C=O) groups excluding carboxylic acids is 2. The number of primary amides is 1. The zero-order valence-electron chi connectivity index (χ0n) is 19.9. The van der Waals surface area contributed by atoms with Crippen LogP contribution in [-0.4, -0.2) is 29.9 Å². The summed E-state index contributed by atoms with van der Waals surface area (Å²) in [5, 5.41) is 2.69. The Morgan fingerprint density at radius 3 is 2.49 bits per heavy atom. The Labute approximate surface area is 213 Å². The molecule has 1 fully saturated rings. The summed E-state index contributed by atoms with van der Waals surface area (Å²) in [6.45, 7) is 6.14. The molecule has 0 unspecified atom stereocenters. The van der Waals surface area contributed by atoms with Crippen molar-refractivity contribution in [3.63, 3.8) is 0 Å². The van der Waals surface area contributed by atoms with Gasteiger partial charge in [0.15, 0.2) is 0 Å². The van der Waals surface area contributed by atoms with Gasteiger partial charge >= 0.3 is 6.03 Å². The van der Waals surface area contributed by atoms with Crippen LogP contribution in [0.2, 0.25) is 10.0 Å². The van der Waals surface area contributed by atoms with E-state index in [9.17, 15) is 9.59 Å². The second-order valence-corrected chi connectivity index (χ2v) is 11.0. The molecule has 6 nitrogen and oxygen atoms in total. The molecule has 2 aromatic carbocycles. The number of rotatable bonds is 6. The van der Waals surface area contributed by atoms with Crippen molar-refractivity contribution >= 4 is 35.1 Å². The van der Waals surface area contributed by atoms with Gasteiger partial charge in [0, 0.05) is 41.6 Å². The lowest BCUT2D eigenvalue weighted by atomic mass is 9.69. The predicted molar refractivity (Wildman–Crippen MR) is 133 cm³/mol. The molecule has 3 atom stereocenters. The highest BCUT2D eigenvalue weighted by Crippen LogP contribution is 2.53. The Morgan fingerprint density at radius 2 is 1.89 bits per heavy atom. The van der Waals surface area contributed by atoms with Crippen molar-refractivity contribution in [2.75, 3.05) is 13.1 Å². The molecule has 3 rings (SSSR count). The van der Waals surface area contributed by atoms with Crippen molar-refractivity contribution in [2.24, 2.45) is 22.8 Å². The number of halogens is 4. The number of urea groups is 1. The fraction of sp³-hybridized carbons (Fsp3) is 0.440. The molecule has 0 saturated carbocycles. The van der Waals surface area contributed by atoms with E-state index in [1.807, 2.05) is 20.8 Å². The fourth-order valence-electron chi connectivity index (χ4n) is 4.91. The standard InChI is InChI=1S/C25H30Cl2F2N4O2/c1-24(2,3)12-14-13-33(23(35)32-10-9-20(30)34)22(16-5-4-6-18(27)21(16)29)25(14,31)17-8-7-15(26)11-19(17)28/h4-8,11,14,22H,9-10,12-13,31H2,1-3H3,(H2,30,34)(H,32,35)/t14-,22-,25+/m1/s1. The molecule has 190 valence electrons. The summed E-state index contributed by atoms with van der Waals surface area (Å²) in [6, 6.07) is 6.92. The van der Waals surface area contributed by atoms with Gasteiger partial charge < -0.3 is 21.7 Å². The number of amides is 3. The molecular weight excluding hydrogens is 497 g/mol. The van der Waals surface area contributed by atoms with Crippen LogP contribution >= 0.6 is 23.2 Å². The first kappa shape index (κ1) is 27.2. The molecule has 1 heterocycles. The summed E-state index contributed by atoms with van der Waals surface area (Å²) in [6.07, 6.45) is 0.441. The quantitative estimate of drug-likeness (QED) is 0.486. The molecule has 2 aromatic rings. The monoisotopic (exact) mass is 526 g/mol. The molecule has 0 spiro atoms. The van der Waals surface area contributed by atoms with Gasteiger partial charge in [-0.1, -0.05) is 62.2 Å². The second kappa shape index (κ2) is 10.3. The van der Waals surface area contributed by atoms with Crippen LogP contribution < -0.4 is 16.8 Å². The third-order valence-corrected chi connectivity index (χ3v) is 6.82. The molecule has 1 saturated heterocycles. The molecular formula is C25H30Cl2F2N4O2. The smallest absolute Gasteiger partial charge is 0.318 e. The van der Waals surface area contributed by atoms with Crippen molar-refractivity contribution < 1.29 is 18.4 Å². The van der Waals surface area contributed by atoms with E-state index in [4.69, 9.17) is 34.7 Å². The maximum Gasteiger partial charge on any atom is 0.318 e. The van der Waals surface area contributed by atoms with Gasteiger partial charge in [-0.15, -0.1) is 0 Å². The van der Waals surface area contributed by atoms with Gasteiger partial charge in [0.05, 0.1) is 16.6 Å². The SMILES string of the molecule is CC(C)(C)C[C@@H]1CN(C(=O)NCCC(N)=O)[C@H](c2cccc(Cl)c2F)[C@@]1(N)c1ccc(Cl)cc1F. The Morgan fingerprint density at radius 1 is 1.20 bits per heavy atom. The molecule has 0 aromatic heterocycles. The number of carbonyl (C=O) groups is 2. The van der Waals surface area contributed by atoms with Crippen LogP contribution in [0.5, 0.6) is 0 Å². The molecule has 0 aliphatic carbocycles. The highest BCUT2D eigenvalue weighted by molar-refractivity contribution is 6.31. The second-order valence-electron chi connectivity index (χ2n) is 10.2. The maximum atomic E-state index is 15.4. The average Bonchev–Trinajstić information content (AvgIpc) is 3.01. The minimum Gasteiger partial charge on any atom is -0.370 e. The number of hydrogen-bond acceptors (Lipinski definition) is 3. The van der Waals surface area contributed by atoms with E-state index in [0.717, 1.165) is 6.07 Å². The van der Waals surface area contributed by atoms with Crippen LogP contribution in [-0.2, 0) is 10.3 Å². The fourth-order valence-corrected chi connectivity index (χ4v) is 5.25. The van der Waals surface area contributed by atoms with Crippen LogP contribution in [0, 0.1) is 23.0 Å². The minimum absolute atomic E-state index is 0.00771. The van der Waals surface area contributed by atoms with Gasteiger partial charge in [0.2, 0.25) is 5.91 Å². The third kappa shape index (κ3) is 5.71. The van der Waals surface area contributed by atoms with Crippen LogP contribution in [0.25, 0.3) is 0 Å². The predicted octanol–water partition coefficient (Wildman–Crippen LogP) is 5.12. The van der Waals surface area contributed by atoms with Crippen molar-refractivity contribution in [1.29, 1.82) is 0 Å². The van der Waals surface area contributed by atoms with Gasteiger partial charge in [-0.3, -0.25) is 4.79 Å². The van der Waals surface area contributed by atoms with Crippen LogP contribution in [0.15, 0.2) is 36.4 Å². The van der Waals surface area contributed by atoms with Crippen LogP contribution in [0.3, 0.4) is 0 Å². The van der Waals surface area contributed by atoms with Gasteiger partial charge in [0.25, 0.3) is 0 Å². The first-order valence-electron chi connectivity index (χ1n) is 11.3. The lowest BCUT2D eigenvalue weighted by molar-refractivity contribution is -0.117. The van der Waals surface area contributed by atoms with Crippen LogP contribution in [0.1, 0.15) is 50.8 Å². The number of benzene rings is 2. The van der Waals surface area contributed by atoms with E-state index in [0.29, 0.717) is 6.42 Å². The van der Waals surface area contributed by atoms with Gasteiger partial charge in [-0.2, -0.15) is 0 Å². The summed E-state index contributed by atoms with van der Waals surface area (Å²) >= 11 is 12.1. The summed E-state index contributed by atoms with van der Waals surface area (Å²) in [7, 11) is 0. The van der Waals surface area contributed by atoms with Gasteiger partial charge in [0.1, 0.15) is 11.6 Å². The van der Waals surface area contributed by atoms with Crippen molar-refractivity contribution in [1.82, 2.24) is 10.2 Å². The van der Waals surface area contributed by atoms with E-state index < -0.39 is 41.1 Å². The zero-order chi connectivity index (χ0) is 26.1. The Hall–Kier alpha value is -2.42. The van der Waals surface area contributed by atoms with Crippen molar-refractivity contribution in [2.45, 2.75) is 45.2 Å². The van der Waals surface area contributed by atoms with E-state index >= 15 is 8.78 Å². The minimum atomic E-state index is -1.52. The molecule has 1 aliphatic heterocycles. The number of nitrogens with one attached hydrogen (secondary N) is 1. The lowest BCUT2D eigenvalue weighted by Gasteiger charge is -2.40. The largest absolute Gasteiger partial charge is 0.370 e. The third-order valence-electron chi connectivity index (χ3n) is 6.30. The highest BCUT2D eigenvalue weighted by atomic mass is 35.5. The Bertz CT molecular complexity index is 1130. The normalized spacial score (nSPS) is 22.3. The van der Waals surface area contributed by atoms with E-state index in [2.05, 4.69) is 5.32 Å². The summed E-state index contributed by atoms with van der Waals surface area (Å²) in [5.74, 6) is -2.42. The zero-order valence-corrected chi connectivity index (χ0v) is 21.4. The molecule has 35 heavy (non-hydrogen) atoms. The highest BCUT2D eigenvalue weighted by Gasteiger charge is 2.57. The molecule has 1 aliphatic rings. The first-order valence-corrected chi connectivity index (χ1v) is 12.0. The number of nitrogens with zero attached hydrogens (tertiary/aromatic N) is 1. The summed E-state index contributed by atoms with van der Waals surface area (Å²) < 4.78 is 30.8. The first-order chi connectivity index (χ1) is 16.3. The van der Waals surface area contributed by atoms with Crippen molar-refractivity contribution in [3.05, 3.63) is 69.2 Å². The van der Waals surface area contributed by atoms with Gasteiger partial charge in [-0.05, 0) is 30.0 Å². The van der Waals surface area contributed by atoms with E-state index in [1.165, 1.54) is 29.2 Å². The number of likely N-dealkylation sites (tertiary alicyclic amines) is 1. The lowest BCUT2D eigenvalue weighted by Crippen LogP contribution is -2.50. The van der Waals surface area contributed by atoms with E-state index in [-0.39, 0.29) is 46.1 Å². The Balaban J connectivity index is 2.22. The molecule has 10 heteroatoms. The molecule has 5 N–H and O–H groups in total. The van der Waals surface area contributed by atoms with Gasteiger partial charge in [-0.25, -0.2) is 13.6 Å². The van der Waals surface area contributed by atoms with E-state index in [1.54, 1.807) is 6.07 Å². The maximum absolute atomic E-state index is 15.4. The average molecular weight is 527 g/mol. The topological polar surface area (TPSA) is 101 Å². The van der Waals surface area contributed by atoms with Crippen LogP contribution in [0.4, 0.5) is 13.6 Å². The molecule has 0 bridgehead atoms.